The van der Waals surface area contributed by atoms with Gasteiger partial charge in [-0.25, -0.2) is 14.8 Å². The smallest absolute Gasteiger partial charge is 0.336 e. The lowest BCUT2D eigenvalue weighted by molar-refractivity contribution is 0.0693. The molecule has 0 atom stereocenters. The SMILES string of the molecule is O=C(O)c1ccccc1Sc1ccncn1. The van der Waals surface area contributed by atoms with Gasteiger partial charge in [0.2, 0.25) is 0 Å². The first-order chi connectivity index (χ1) is 7.77. The predicted molar refractivity (Wildman–Crippen MR) is 59.6 cm³/mol. The Morgan fingerprint density at radius 1 is 1.25 bits per heavy atom. The predicted octanol–water partition coefficient (Wildman–Crippen LogP) is 2.33. The van der Waals surface area contributed by atoms with Crippen molar-refractivity contribution in [3.05, 3.63) is 48.4 Å². The van der Waals surface area contributed by atoms with Crippen LogP contribution in [0.25, 0.3) is 0 Å². The van der Waals surface area contributed by atoms with Gasteiger partial charge in [0.25, 0.3) is 0 Å². The maximum atomic E-state index is 11.0. The van der Waals surface area contributed by atoms with Crippen LogP contribution < -0.4 is 0 Å². The number of carbonyl (C=O) groups is 1. The highest BCUT2D eigenvalue weighted by atomic mass is 32.2. The number of rotatable bonds is 3. The van der Waals surface area contributed by atoms with Gasteiger partial charge in [-0.05, 0) is 18.2 Å². The van der Waals surface area contributed by atoms with Gasteiger partial charge < -0.3 is 5.11 Å². The maximum absolute atomic E-state index is 11.0. The average Bonchev–Trinajstić information content (AvgIpc) is 2.31. The van der Waals surface area contributed by atoms with Crippen molar-refractivity contribution in [2.45, 2.75) is 9.92 Å². The molecule has 16 heavy (non-hydrogen) atoms. The Morgan fingerprint density at radius 2 is 2.06 bits per heavy atom. The van der Waals surface area contributed by atoms with E-state index in [1.807, 2.05) is 0 Å². The molecule has 0 fully saturated rings. The van der Waals surface area contributed by atoms with E-state index in [1.165, 1.54) is 18.1 Å². The van der Waals surface area contributed by atoms with Gasteiger partial charge in [-0.1, -0.05) is 23.9 Å². The van der Waals surface area contributed by atoms with E-state index in [1.54, 1.807) is 36.5 Å². The lowest BCUT2D eigenvalue weighted by atomic mass is 10.2. The van der Waals surface area contributed by atoms with Gasteiger partial charge in [0.1, 0.15) is 11.4 Å². The number of hydrogen-bond acceptors (Lipinski definition) is 4. The third-order valence-corrected chi connectivity index (χ3v) is 2.91. The fraction of sp³-hybridized carbons (Fsp3) is 0. The summed E-state index contributed by atoms with van der Waals surface area (Å²) in [7, 11) is 0. The molecule has 4 nitrogen and oxygen atoms in total. The standard InChI is InChI=1S/C11H8N2O2S/c14-11(15)8-3-1-2-4-9(8)16-10-5-6-12-7-13-10/h1-7H,(H,14,15). The normalized spacial score (nSPS) is 10.0. The van der Waals surface area contributed by atoms with E-state index in [0.29, 0.717) is 4.90 Å². The van der Waals surface area contributed by atoms with Crippen molar-refractivity contribution < 1.29 is 9.90 Å². The van der Waals surface area contributed by atoms with Gasteiger partial charge in [-0.15, -0.1) is 0 Å². The fourth-order valence-corrected chi connectivity index (χ4v) is 2.05. The van der Waals surface area contributed by atoms with Crippen LogP contribution in [0.15, 0.2) is 52.8 Å². The summed E-state index contributed by atoms with van der Waals surface area (Å²) in [4.78, 5) is 19.5. The van der Waals surface area contributed by atoms with E-state index in [4.69, 9.17) is 5.11 Å². The summed E-state index contributed by atoms with van der Waals surface area (Å²) in [6.45, 7) is 0. The molecular weight excluding hydrogens is 224 g/mol. The number of nitrogens with zero attached hydrogens (tertiary/aromatic N) is 2. The minimum atomic E-state index is -0.933. The first-order valence-corrected chi connectivity index (χ1v) is 5.35. The third-order valence-electron chi connectivity index (χ3n) is 1.89. The van der Waals surface area contributed by atoms with E-state index >= 15 is 0 Å². The van der Waals surface area contributed by atoms with Crippen molar-refractivity contribution in [2.24, 2.45) is 0 Å². The van der Waals surface area contributed by atoms with Crippen LogP contribution in [0, 0.1) is 0 Å². The molecule has 0 aliphatic rings. The van der Waals surface area contributed by atoms with Crippen LogP contribution in [0.2, 0.25) is 0 Å². The highest BCUT2D eigenvalue weighted by Gasteiger charge is 2.10. The Balaban J connectivity index is 2.31. The van der Waals surface area contributed by atoms with E-state index in [0.717, 1.165) is 5.03 Å². The van der Waals surface area contributed by atoms with Crippen molar-refractivity contribution in [3.8, 4) is 0 Å². The first kappa shape index (κ1) is 10.6. The minimum Gasteiger partial charge on any atom is -0.478 e. The molecule has 0 amide bonds. The molecular formula is C11H8N2O2S. The highest BCUT2D eigenvalue weighted by molar-refractivity contribution is 7.99. The molecule has 0 aliphatic carbocycles. The van der Waals surface area contributed by atoms with Crippen LogP contribution in [0.4, 0.5) is 0 Å². The number of carboxylic acid groups (broad SMARTS) is 1. The Labute approximate surface area is 96.4 Å². The molecule has 80 valence electrons. The van der Waals surface area contributed by atoms with Gasteiger partial charge in [0.05, 0.1) is 5.56 Å². The summed E-state index contributed by atoms with van der Waals surface area (Å²) < 4.78 is 0. The quantitative estimate of drug-likeness (QED) is 0.823. The van der Waals surface area contributed by atoms with Gasteiger partial charge in [-0.3, -0.25) is 0 Å². The molecule has 1 aromatic heterocycles. The van der Waals surface area contributed by atoms with Crippen LogP contribution in [0.1, 0.15) is 10.4 Å². The summed E-state index contributed by atoms with van der Waals surface area (Å²) in [5.41, 5.74) is 0.283. The second kappa shape index (κ2) is 4.76. The monoisotopic (exact) mass is 232 g/mol. The van der Waals surface area contributed by atoms with E-state index in [2.05, 4.69) is 9.97 Å². The summed E-state index contributed by atoms with van der Waals surface area (Å²) in [5.74, 6) is -0.933. The fourth-order valence-electron chi connectivity index (χ4n) is 1.18. The molecule has 0 radical (unpaired) electrons. The number of benzene rings is 1. The number of hydrogen-bond donors (Lipinski definition) is 1. The van der Waals surface area contributed by atoms with Gasteiger partial charge >= 0.3 is 5.97 Å². The number of aromatic carboxylic acids is 1. The van der Waals surface area contributed by atoms with Crippen LogP contribution in [-0.4, -0.2) is 21.0 Å². The van der Waals surface area contributed by atoms with Gasteiger partial charge in [0.15, 0.2) is 0 Å². The van der Waals surface area contributed by atoms with Gasteiger partial charge in [-0.2, -0.15) is 0 Å². The zero-order chi connectivity index (χ0) is 11.4. The Kier molecular flexibility index (Phi) is 3.16. The van der Waals surface area contributed by atoms with Crippen molar-refractivity contribution in [3.63, 3.8) is 0 Å². The minimum absolute atomic E-state index is 0.283. The maximum Gasteiger partial charge on any atom is 0.336 e. The summed E-state index contributed by atoms with van der Waals surface area (Å²) in [6.07, 6.45) is 3.06. The molecule has 0 saturated heterocycles. The molecule has 5 heteroatoms. The van der Waals surface area contributed by atoms with Crippen molar-refractivity contribution in [1.82, 2.24) is 9.97 Å². The van der Waals surface area contributed by atoms with E-state index in [9.17, 15) is 4.79 Å². The Hall–Kier alpha value is -1.88. The molecule has 0 spiro atoms. The van der Waals surface area contributed by atoms with Crippen LogP contribution in [0.5, 0.6) is 0 Å². The molecule has 1 heterocycles. The average molecular weight is 232 g/mol. The molecule has 0 bridgehead atoms. The highest BCUT2D eigenvalue weighted by Crippen LogP contribution is 2.28. The summed E-state index contributed by atoms with van der Waals surface area (Å²) >= 11 is 1.31. The molecule has 0 aliphatic heterocycles. The largest absolute Gasteiger partial charge is 0.478 e. The molecule has 1 N–H and O–H groups in total. The van der Waals surface area contributed by atoms with Crippen LogP contribution >= 0.6 is 11.8 Å². The molecule has 2 aromatic rings. The Bertz CT molecular complexity index is 502. The summed E-state index contributed by atoms with van der Waals surface area (Å²) in [6, 6.07) is 8.58. The first-order valence-electron chi connectivity index (χ1n) is 4.53. The van der Waals surface area contributed by atoms with Crippen molar-refractivity contribution in [2.75, 3.05) is 0 Å². The van der Waals surface area contributed by atoms with E-state index < -0.39 is 5.97 Å². The summed E-state index contributed by atoms with van der Waals surface area (Å²) in [5, 5.41) is 9.72. The van der Waals surface area contributed by atoms with E-state index in [-0.39, 0.29) is 5.56 Å². The topological polar surface area (TPSA) is 63.1 Å². The molecule has 0 unspecified atom stereocenters. The Morgan fingerprint density at radius 3 is 2.75 bits per heavy atom. The second-order valence-electron chi connectivity index (χ2n) is 2.95. The molecule has 2 rings (SSSR count). The zero-order valence-corrected chi connectivity index (χ0v) is 9.02. The molecule has 0 saturated carbocycles. The lowest BCUT2D eigenvalue weighted by Gasteiger charge is -2.03. The number of carboxylic acids is 1. The van der Waals surface area contributed by atoms with Crippen molar-refractivity contribution in [1.29, 1.82) is 0 Å². The van der Waals surface area contributed by atoms with Gasteiger partial charge in [0, 0.05) is 11.1 Å². The van der Waals surface area contributed by atoms with Crippen molar-refractivity contribution >= 4 is 17.7 Å². The lowest BCUT2D eigenvalue weighted by Crippen LogP contribution is -1.98. The third kappa shape index (κ3) is 2.38. The van der Waals surface area contributed by atoms with Crippen LogP contribution in [0.3, 0.4) is 0 Å². The second-order valence-corrected chi connectivity index (χ2v) is 4.01. The number of aromatic nitrogens is 2. The zero-order valence-electron chi connectivity index (χ0n) is 8.20. The van der Waals surface area contributed by atoms with Crippen LogP contribution in [-0.2, 0) is 0 Å². The molecule has 1 aromatic carbocycles.